The smallest absolute Gasteiger partial charge is 0.348 e. The Morgan fingerprint density at radius 2 is 1.73 bits per heavy atom. The van der Waals surface area contributed by atoms with Crippen LogP contribution < -0.4 is 4.90 Å². The van der Waals surface area contributed by atoms with Crippen molar-refractivity contribution in [1.82, 2.24) is 19.9 Å². The Morgan fingerprint density at radius 1 is 0.962 bits per heavy atom. The molecule has 0 aliphatic carbocycles. The molecular formula is C16H14F3N5S2. The molecule has 136 valence electrons. The molecule has 1 fully saturated rings. The fourth-order valence-corrected chi connectivity index (χ4v) is 4.37. The molecule has 0 spiro atoms. The van der Waals surface area contributed by atoms with Crippen LogP contribution in [0.4, 0.5) is 18.3 Å². The molecule has 1 aliphatic rings. The maximum absolute atomic E-state index is 12.8. The zero-order valence-electron chi connectivity index (χ0n) is 13.7. The summed E-state index contributed by atoms with van der Waals surface area (Å²) in [6, 6.07) is 1.78. The van der Waals surface area contributed by atoms with Crippen LogP contribution in [-0.2, 0) is 6.18 Å². The molecule has 0 bridgehead atoms. The van der Waals surface area contributed by atoms with Crippen LogP contribution in [0.15, 0.2) is 16.8 Å². The van der Waals surface area contributed by atoms with E-state index in [1.54, 1.807) is 24.3 Å². The number of anilines is 1. The Hall–Kier alpha value is -2.07. The number of aromatic nitrogens is 4. The van der Waals surface area contributed by atoms with Crippen molar-refractivity contribution in [1.29, 1.82) is 0 Å². The molecular weight excluding hydrogens is 383 g/mol. The van der Waals surface area contributed by atoms with Gasteiger partial charge in [0.15, 0.2) is 21.7 Å². The van der Waals surface area contributed by atoms with Gasteiger partial charge in [0.1, 0.15) is 5.69 Å². The van der Waals surface area contributed by atoms with Gasteiger partial charge in [0, 0.05) is 29.5 Å². The van der Waals surface area contributed by atoms with Crippen molar-refractivity contribution < 1.29 is 13.2 Å². The molecule has 4 heterocycles. The topological polar surface area (TPSA) is 54.8 Å². The molecule has 0 radical (unpaired) electrons. The lowest BCUT2D eigenvalue weighted by Crippen LogP contribution is -2.17. The minimum Gasteiger partial charge on any atom is -0.348 e. The van der Waals surface area contributed by atoms with E-state index >= 15 is 0 Å². The summed E-state index contributed by atoms with van der Waals surface area (Å²) >= 11 is 2.43. The summed E-state index contributed by atoms with van der Waals surface area (Å²) in [5.41, 5.74) is 1.04. The highest BCUT2D eigenvalue weighted by atomic mass is 32.1. The van der Waals surface area contributed by atoms with Gasteiger partial charge in [-0.25, -0.2) is 19.9 Å². The van der Waals surface area contributed by atoms with Crippen LogP contribution in [0.1, 0.15) is 24.2 Å². The second-order valence-corrected chi connectivity index (χ2v) is 7.66. The predicted octanol–water partition coefficient (Wildman–Crippen LogP) is 4.65. The third-order valence-electron chi connectivity index (χ3n) is 3.97. The maximum Gasteiger partial charge on any atom is 0.434 e. The van der Waals surface area contributed by atoms with Crippen LogP contribution in [0.2, 0.25) is 0 Å². The number of alkyl halides is 3. The van der Waals surface area contributed by atoms with Gasteiger partial charge < -0.3 is 4.90 Å². The molecule has 0 amide bonds. The monoisotopic (exact) mass is 397 g/mol. The lowest BCUT2D eigenvalue weighted by atomic mass is 10.3. The summed E-state index contributed by atoms with van der Waals surface area (Å²) in [5.74, 6) is 0.191. The molecule has 1 saturated heterocycles. The summed E-state index contributed by atoms with van der Waals surface area (Å²) in [6.07, 6.45) is -2.14. The van der Waals surface area contributed by atoms with Gasteiger partial charge in [-0.2, -0.15) is 13.2 Å². The first kappa shape index (κ1) is 17.3. The quantitative estimate of drug-likeness (QED) is 0.644. The van der Waals surface area contributed by atoms with Crippen molar-refractivity contribution in [2.45, 2.75) is 25.9 Å². The molecule has 0 N–H and O–H groups in total. The van der Waals surface area contributed by atoms with E-state index in [1.807, 2.05) is 5.38 Å². The molecule has 10 heteroatoms. The number of thiazole rings is 2. The van der Waals surface area contributed by atoms with Crippen molar-refractivity contribution in [2.24, 2.45) is 0 Å². The van der Waals surface area contributed by atoms with E-state index in [0.29, 0.717) is 17.1 Å². The third-order valence-corrected chi connectivity index (χ3v) is 5.71. The fraction of sp³-hybridized carbons (Fsp3) is 0.375. The summed E-state index contributed by atoms with van der Waals surface area (Å²) in [7, 11) is 0. The molecule has 4 rings (SSSR count). The minimum absolute atomic E-state index is 0.150. The summed E-state index contributed by atoms with van der Waals surface area (Å²) < 4.78 is 38.3. The predicted molar refractivity (Wildman–Crippen MR) is 95.4 cm³/mol. The van der Waals surface area contributed by atoms with E-state index in [4.69, 9.17) is 0 Å². The van der Waals surface area contributed by atoms with Crippen molar-refractivity contribution in [3.8, 4) is 22.2 Å². The van der Waals surface area contributed by atoms with Crippen molar-refractivity contribution >= 4 is 27.8 Å². The molecule has 3 aromatic rings. The summed E-state index contributed by atoms with van der Waals surface area (Å²) in [6.45, 7) is 3.78. The van der Waals surface area contributed by atoms with E-state index in [-0.39, 0.29) is 10.8 Å². The first-order valence-electron chi connectivity index (χ1n) is 8.00. The average molecular weight is 397 g/mol. The van der Waals surface area contributed by atoms with Gasteiger partial charge in [-0.1, -0.05) is 0 Å². The molecule has 26 heavy (non-hydrogen) atoms. The first-order valence-corrected chi connectivity index (χ1v) is 9.76. The first-order chi connectivity index (χ1) is 12.4. The summed E-state index contributed by atoms with van der Waals surface area (Å²) in [4.78, 5) is 19.2. The fourth-order valence-electron chi connectivity index (χ4n) is 2.74. The Balaban J connectivity index is 1.67. The van der Waals surface area contributed by atoms with Crippen molar-refractivity contribution in [2.75, 3.05) is 18.0 Å². The summed E-state index contributed by atoms with van der Waals surface area (Å²) in [5, 5.41) is 4.00. The normalized spacial score (nSPS) is 15.0. The Bertz CT molecular complexity index is 928. The number of hydrogen-bond donors (Lipinski definition) is 0. The third kappa shape index (κ3) is 3.43. The number of halogens is 3. The molecule has 5 nitrogen and oxygen atoms in total. The second-order valence-electron chi connectivity index (χ2n) is 5.96. The largest absolute Gasteiger partial charge is 0.434 e. The zero-order valence-corrected chi connectivity index (χ0v) is 15.4. The number of aryl methyl sites for hydroxylation is 1. The maximum atomic E-state index is 12.8. The van der Waals surface area contributed by atoms with Crippen molar-refractivity contribution in [3.05, 3.63) is 28.2 Å². The van der Waals surface area contributed by atoms with Gasteiger partial charge in [0.2, 0.25) is 0 Å². The molecule has 0 unspecified atom stereocenters. The zero-order chi connectivity index (χ0) is 18.3. The Labute approximate surface area is 155 Å². The molecule has 3 aromatic heterocycles. The van der Waals surface area contributed by atoms with Gasteiger partial charge in [-0.05, 0) is 25.8 Å². The SMILES string of the molecule is Cc1cc(-c2csc(N3CCCC3)n2)nc(-c2nc(C(F)(F)F)cs2)n1. The van der Waals surface area contributed by atoms with Crippen LogP contribution in [-0.4, -0.2) is 33.0 Å². The molecule has 0 atom stereocenters. The van der Waals surface area contributed by atoms with Crippen LogP contribution in [0.5, 0.6) is 0 Å². The number of nitrogens with zero attached hydrogens (tertiary/aromatic N) is 5. The van der Waals surface area contributed by atoms with E-state index in [2.05, 4.69) is 24.8 Å². The second kappa shape index (κ2) is 6.58. The van der Waals surface area contributed by atoms with Crippen LogP contribution in [0.25, 0.3) is 22.2 Å². The lowest BCUT2D eigenvalue weighted by molar-refractivity contribution is -0.140. The van der Waals surface area contributed by atoms with Crippen LogP contribution in [0, 0.1) is 6.92 Å². The highest BCUT2D eigenvalue weighted by molar-refractivity contribution is 7.14. The van der Waals surface area contributed by atoms with Gasteiger partial charge in [-0.15, -0.1) is 22.7 Å². The number of hydrogen-bond acceptors (Lipinski definition) is 7. The van der Waals surface area contributed by atoms with Crippen molar-refractivity contribution in [3.63, 3.8) is 0 Å². The van der Waals surface area contributed by atoms with E-state index in [1.165, 1.54) is 0 Å². The van der Waals surface area contributed by atoms with Crippen LogP contribution >= 0.6 is 22.7 Å². The highest BCUT2D eigenvalue weighted by Gasteiger charge is 2.34. The van der Waals surface area contributed by atoms with E-state index in [0.717, 1.165) is 47.8 Å². The minimum atomic E-state index is -4.47. The van der Waals surface area contributed by atoms with Gasteiger partial charge in [0.25, 0.3) is 0 Å². The van der Waals surface area contributed by atoms with Gasteiger partial charge in [-0.3, -0.25) is 0 Å². The Morgan fingerprint density at radius 3 is 2.42 bits per heavy atom. The molecule has 0 aromatic carbocycles. The molecule has 0 saturated carbocycles. The Kier molecular flexibility index (Phi) is 4.39. The number of rotatable bonds is 3. The molecule has 1 aliphatic heterocycles. The van der Waals surface area contributed by atoms with E-state index < -0.39 is 11.9 Å². The standard InChI is InChI=1S/C16H14F3N5S2/c1-9-6-10(11-7-26-15(22-11)24-4-2-3-5-24)21-13(20-9)14-23-12(8-25-14)16(17,18)19/h6-8H,2-5H2,1H3. The average Bonchev–Trinajstić information content (AvgIpc) is 3.32. The van der Waals surface area contributed by atoms with E-state index in [9.17, 15) is 13.2 Å². The van der Waals surface area contributed by atoms with Gasteiger partial charge >= 0.3 is 6.18 Å². The van der Waals surface area contributed by atoms with Crippen LogP contribution in [0.3, 0.4) is 0 Å². The highest BCUT2D eigenvalue weighted by Crippen LogP contribution is 2.34. The van der Waals surface area contributed by atoms with Gasteiger partial charge in [0.05, 0.1) is 5.69 Å². The lowest BCUT2D eigenvalue weighted by Gasteiger charge is -2.12.